The molecule has 0 fully saturated rings. The number of rotatable bonds is 5. The molecule has 0 aliphatic rings. The van der Waals surface area contributed by atoms with Crippen LogP contribution >= 0.6 is 0 Å². The van der Waals surface area contributed by atoms with Gasteiger partial charge in [0.25, 0.3) is 0 Å². The van der Waals surface area contributed by atoms with Gasteiger partial charge in [0.1, 0.15) is 0 Å². The number of aryl methyl sites for hydroxylation is 2. The summed E-state index contributed by atoms with van der Waals surface area (Å²) >= 11 is 0. The molecule has 8 aromatic rings. The summed E-state index contributed by atoms with van der Waals surface area (Å²) in [6, 6.07) is 43.5. The van der Waals surface area contributed by atoms with Gasteiger partial charge in [-0.05, 0) is 73.5 Å². The van der Waals surface area contributed by atoms with Crippen LogP contribution in [0.4, 0.5) is 13.2 Å². The van der Waals surface area contributed by atoms with Crippen molar-refractivity contribution < 1.29 is 13.2 Å². The average Bonchev–Trinajstić information content (AvgIpc) is 3.48. The molecule has 0 bridgehead atoms. The van der Waals surface area contributed by atoms with Crippen LogP contribution in [0.2, 0.25) is 0 Å². The van der Waals surface area contributed by atoms with Gasteiger partial charge >= 0.3 is 6.18 Å². The summed E-state index contributed by atoms with van der Waals surface area (Å²) in [6.45, 7) is 8.18. The fraction of sp³-hybridized carbons (Fsp3) is 0.114. The number of halogens is 3. The van der Waals surface area contributed by atoms with E-state index in [4.69, 9.17) is 15.0 Å². The van der Waals surface area contributed by atoms with Crippen LogP contribution in [-0.4, -0.2) is 19.5 Å². The van der Waals surface area contributed by atoms with Gasteiger partial charge in [0, 0.05) is 33.2 Å². The van der Waals surface area contributed by atoms with Crippen LogP contribution in [0.1, 0.15) is 30.5 Å². The summed E-state index contributed by atoms with van der Waals surface area (Å²) in [5, 5.41) is 2.29. The molecule has 6 aromatic carbocycles. The monoisotopic (exact) mass is 676 g/mol. The molecule has 0 aliphatic heterocycles. The molecule has 0 saturated heterocycles. The van der Waals surface area contributed by atoms with Gasteiger partial charge in [-0.25, -0.2) is 15.0 Å². The zero-order chi connectivity index (χ0) is 35.7. The van der Waals surface area contributed by atoms with Crippen molar-refractivity contribution in [3.05, 3.63) is 156 Å². The minimum Gasteiger partial charge on any atom is -0.309 e. The second-order valence-corrected chi connectivity index (χ2v) is 12.2. The second-order valence-electron chi connectivity index (χ2n) is 12.2. The highest BCUT2D eigenvalue weighted by Crippen LogP contribution is 2.39. The molecule has 7 heteroatoms. The highest BCUT2D eigenvalue weighted by atomic mass is 19.4. The molecule has 0 radical (unpaired) electrons. The molecule has 8 rings (SSSR count). The Labute approximate surface area is 294 Å². The van der Waals surface area contributed by atoms with Crippen LogP contribution in [0.25, 0.3) is 72.8 Å². The lowest BCUT2D eigenvalue weighted by molar-refractivity contribution is -0.137. The van der Waals surface area contributed by atoms with Crippen LogP contribution in [0, 0.1) is 13.8 Å². The standard InChI is InChI=1S/C42H29F3N4.C2H6/c1-26-13-21-37-34(23-26)35-24-27(2)14-22-38(35)49(37)32-19-20-33(28-15-17-31(18-16-28)42(43,44)45)36(25-32)41-47-39(29-9-5-3-6-10-29)46-40(48-41)30-11-7-4-8-12-30;1-2/h3-25H,1-2H3;1-2H3. The fourth-order valence-corrected chi connectivity index (χ4v) is 6.40. The number of hydrogen-bond acceptors (Lipinski definition) is 3. The number of alkyl halides is 3. The number of hydrogen-bond donors (Lipinski definition) is 0. The fourth-order valence-electron chi connectivity index (χ4n) is 6.40. The molecule has 0 unspecified atom stereocenters. The maximum Gasteiger partial charge on any atom is 0.416 e. The first-order valence-corrected chi connectivity index (χ1v) is 16.9. The summed E-state index contributed by atoms with van der Waals surface area (Å²) in [5.41, 5.74) is 8.23. The van der Waals surface area contributed by atoms with Crippen LogP contribution in [0.15, 0.2) is 140 Å². The predicted octanol–water partition coefficient (Wildman–Crippen LogP) is 12.3. The van der Waals surface area contributed by atoms with E-state index in [9.17, 15) is 13.2 Å². The van der Waals surface area contributed by atoms with Gasteiger partial charge in [-0.1, -0.05) is 116 Å². The first-order chi connectivity index (χ1) is 24.7. The predicted molar refractivity (Wildman–Crippen MR) is 202 cm³/mol. The summed E-state index contributed by atoms with van der Waals surface area (Å²) in [6.07, 6.45) is -4.44. The van der Waals surface area contributed by atoms with Crippen molar-refractivity contribution in [1.29, 1.82) is 0 Å². The first kappa shape index (κ1) is 33.4. The Kier molecular flexibility index (Phi) is 8.96. The van der Waals surface area contributed by atoms with Gasteiger partial charge in [0.2, 0.25) is 0 Å². The zero-order valence-electron chi connectivity index (χ0n) is 28.7. The minimum absolute atomic E-state index is 0.414. The first-order valence-electron chi connectivity index (χ1n) is 16.9. The number of fused-ring (bicyclic) bond motifs is 3. The van der Waals surface area contributed by atoms with Crippen molar-refractivity contribution in [2.45, 2.75) is 33.9 Å². The smallest absolute Gasteiger partial charge is 0.309 e. The maximum atomic E-state index is 13.6. The van der Waals surface area contributed by atoms with Crippen molar-refractivity contribution >= 4 is 21.8 Å². The lowest BCUT2D eigenvalue weighted by atomic mass is 9.97. The summed E-state index contributed by atoms with van der Waals surface area (Å²) in [7, 11) is 0. The van der Waals surface area contributed by atoms with E-state index in [1.165, 1.54) is 23.3 Å². The quantitative estimate of drug-likeness (QED) is 0.182. The Morgan fingerprint density at radius 1 is 0.471 bits per heavy atom. The topological polar surface area (TPSA) is 43.6 Å². The van der Waals surface area contributed by atoms with E-state index >= 15 is 0 Å². The van der Waals surface area contributed by atoms with E-state index in [0.29, 0.717) is 34.2 Å². The van der Waals surface area contributed by atoms with Crippen molar-refractivity contribution in [2.75, 3.05) is 0 Å². The molecule has 2 aromatic heterocycles. The molecule has 51 heavy (non-hydrogen) atoms. The second kappa shape index (κ2) is 13.7. The molecule has 2 heterocycles. The largest absolute Gasteiger partial charge is 0.416 e. The zero-order valence-corrected chi connectivity index (χ0v) is 28.7. The van der Waals surface area contributed by atoms with Crippen molar-refractivity contribution in [1.82, 2.24) is 19.5 Å². The third kappa shape index (κ3) is 6.51. The van der Waals surface area contributed by atoms with Crippen molar-refractivity contribution in [2.24, 2.45) is 0 Å². The highest BCUT2D eigenvalue weighted by Gasteiger charge is 2.30. The highest BCUT2D eigenvalue weighted by molar-refractivity contribution is 6.10. The average molecular weight is 677 g/mol. The Balaban J connectivity index is 0.00000200. The van der Waals surface area contributed by atoms with Crippen molar-refractivity contribution in [3.8, 4) is 51.0 Å². The molecule has 252 valence electrons. The molecular weight excluding hydrogens is 642 g/mol. The van der Waals surface area contributed by atoms with Crippen molar-refractivity contribution in [3.63, 3.8) is 0 Å². The molecule has 0 spiro atoms. The lowest BCUT2D eigenvalue weighted by Crippen LogP contribution is -2.04. The Morgan fingerprint density at radius 2 is 0.961 bits per heavy atom. The van der Waals surface area contributed by atoms with E-state index in [1.54, 1.807) is 0 Å². The van der Waals surface area contributed by atoms with E-state index in [-0.39, 0.29) is 0 Å². The molecule has 0 amide bonds. The molecule has 0 N–H and O–H groups in total. The van der Waals surface area contributed by atoms with E-state index < -0.39 is 11.7 Å². The Bertz CT molecular complexity index is 2370. The van der Waals surface area contributed by atoms with Crippen LogP contribution < -0.4 is 0 Å². The van der Waals surface area contributed by atoms with Gasteiger partial charge in [-0.2, -0.15) is 13.2 Å². The molecule has 4 nitrogen and oxygen atoms in total. The SMILES string of the molecule is CC.Cc1ccc2c(c1)c1cc(C)ccc1n2-c1ccc(-c2ccc(C(F)(F)F)cc2)c(-c2nc(-c3ccccc3)nc(-c3ccccc3)n2)c1. The summed E-state index contributed by atoms with van der Waals surface area (Å²) < 4.78 is 42.9. The third-order valence-electron chi connectivity index (χ3n) is 8.80. The van der Waals surface area contributed by atoms with Gasteiger partial charge in [-0.15, -0.1) is 0 Å². The molecule has 0 atom stereocenters. The Morgan fingerprint density at radius 3 is 1.45 bits per heavy atom. The van der Waals surface area contributed by atoms with Gasteiger partial charge < -0.3 is 4.57 Å². The van der Waals surface area contributed by atoms with E-state index in [0.717, 1.165) is 50.8 Å². The molecule has 0 aliphatic carbocycles. The molecule has 0 saturated carbocycles. The minimum atomic E-state index is -4.44. The summed E-state index contributed by atoms with van der Waals surface area (Å²) in [5.74, 6) is 1.41. The lowest BCUT2D eigenvalue weighted by Gasteiger charge is -2.16. The van der Waals surface area contributed by atoms with Crippen LogP contribution in [0.5, 0.6) is 0 Å². The Hall–Kier alpha value is -6.08. The number of benzene rings is 6. The van der Waals surface area contributed by atoms with E-state index in [2.05, 4.69) is 54.8 Å². The number of nitrogens with zero attached hydrogens (tertiary/aromatic N) is 4. The van der Waals surface area contributed by atoms with Gasteiger partial charge in [0.15, 0.2) is 17.5 Å². The van der Waals surface area contributed by atoms with Gasteiger partial charge in [0.05, 0.1) is 16.6 Å². The molecular formula is C44H35F3N4. The van der Waals surface area contributed by atoms with Crippen LogP contribution in [0.3, 0.4) is 0 Å². The summed E-state index contributed by atoms with van der Waals surface area (Å²) in [4.78, 5) is 14.9. The van der Waals surface area contributed by atoms with E-state index in [1.807, 2.05) is 92.7 Å². The number of aromatic nitrogens is 4. The maximum absolute atomic E-state index is 13.6. The third-order valence-corrected chi connectivity index (χ3v) is 8.80. The van der Waals surface area contributed by atoms with Crippen LogP contribution in [-0.2, 0) is 6.18 Å². The normalized spacial score (nSPS) is 11.4. The van der Waals surface area contributed by atoms with Gasteiger partial charge in [-0.3, -0.25) is 0 Å².